The fraction of sp³-hybridized carbons (Fsp3) is 0.500. The number of anilines is 1. The zero-order chi connectivity index (χ0) is 14.9. The Bertz CT molecular complexity index is 624. The predicted molar refractivity (Wildman–Crippen MR) is 78.5 cm³/mol. The molecule has 0 aromatic heterocycles. The van der Waals surface area contributed by atoms with Crippen LogP contribution in [0, 0.1) is 0 Å². The van der Waals surface area contributed by atoms with Crippen LogP contribution in [0.25, 0.3) is 0 Å². The Morgan fingerprint density at radius 1 is 1.40 bits per heavy atom. The van der Waals surface area contributed by atoms with E-state index >= 15 is 0 Å². The van der Waals surface area contributed by atoms with Crippen molar-refractivity contribution < 1.29 is 17.9 Å². The van der Waals surface area contributed by atoms with E-state index in [0.29, 0.717) is 17.9 Å². The quantitative estimate of drug-likeness (QED) is 0.792. The van der Waals surface area contributed by atoms with E-state index < -0.39 is 9.84 Å². The lowest BCUT2D eigenvalue weighted by molar-refractivity contribution is 0.101. The minimum Gasteiger partial charge on any atom is -0.496 e. The minimum absolute atomic E-state index is 0.0851. The maximum absolute atomic E-state index is 11.9. The lowest BCUT2D eigenvalue weighted by atomic mass is 10.1. The van der Waals surface area contributed by atoms with E-state index in [1.807, 2.05) is 24.0 Å². The maximum atomic E-state index is 11.9. The van der Waals surface area contributed by atoms with Gasteiger partial charge in [-0.3, -0.25) is 4.79 Å². The van der Waals surface area contributed by atoms with Gasteiger partial charge in [-0.2, -0.15) is 0 Å². The van der Waals surface area contributed by atoms with Gasteiger partial charge in [0.25, 0.3) is 0 Å². The molecule has 1 aliphatic heterocycles. The summed E-state index contributed by atoms with van der Waals surface area (Å²) in [6.45, 7) is 3.75. The van der Waals surface area contributed by atoms with Gasteiger partial charge in [0.15, 0.2) is 15.6 Å². The molecule has 0 spiro atoms. The molecule has 1 heterocycles. The maximum Gasteiger partial charge on any atom is 0.165 e. The van der Waals surface area contributed by atoms with Crippen molar-refractivity contribution in [3.8, 4) is 5.75 Å². The fourth-order valence-corrected chi connectivity index (χ4v) is 4.20. The summed E-state index contributed by atoms with van der Waals surface area (Å²) in [6.07, 6.45) is 0. The van der Waals surface area contributed by atoms with Crippen LogP contribution in [-0.4, -0.2) is 45.4 Å². The van der Waals surface area contributed by atoms with Crippen LogP contribution in [-0.2, 0) is 9.84 Å². The summed E-state index contributed by atoms with van der Waals surface area (Å²) < 4.78 is 28.6. The predicted octanol–water partition coefficient (Wildman–Crippen LogP) is 1.52. The number of hydrogen-bond donors (Lipinski definition) is 0. The zero-order valence-electron chi connectivity index (χ0n) is 11.9. The molecule has 1 saturated heterocycles. The number of hydrogen-bond acceptors (Lipinski definition) is 5. The van der Waals surface area contributed by atoms with Crippen molar-refractivity contribution in [1.82, 2.24) is 0 Å². The minimum atomic E-state index is -2.98. The Labute approximate surface area is 119 Å². The van der Waals surface area contributed by atoms with Crippen LogP contribution in [0.2, 0.25) is 0 Å². The molecule has 20 heavy (non-hydrogen) atoms. The van der Waals surface area contributed by atoms with E-state index in [2.05, 4.69) is 0 Å². The third-order valence-corrected chi connectivity index (χ3v) is 5.35. The summed E-state index contributed by atoms with van der Waals surface area (Å²) in [5, 5.41) is 0. The average molecular weight is 297 g/mol. The highest BCUT2D eigenvalue weighted by Gasteiger charge is 2.30. The molecule has 0 saturated carbocycles. The van der Waals surface area contributed by atoms with Crippen LogP contribution in [0.15, 0.2) is 18.2 Å². The highest BCUT2D eigenvalue weighted by molar-refractivity contribution is 7.91. The molecule has 5 nitrogen and oxygen atoms in total. The van der Waals surface area contributed by atoms with Crippen molar-refractivity contribution in [2.45, 2.75) is 19.9 Å². The average Bonchev–Trinajstić information content (AvgIpc) is 2.36. The van der Waals surface area contributed by atoms with E-state index in [1.165, 1.54) is 14.0 Å². The monoisotopic (exact) mass is 297 g/mol. The molecule has 1 aromatic carbocycles. The number of ketones is 1. The molecular weight excluding hydrogens is 278 g/mol. The molecule has 110 valence electrons. The smallest absolute Gasteiger partial charge is 0.165 e. The Morgan fingerprint density at radius 2 is 2.10 bits per heavy atom. The van der Waals surface area contributed by atoms with Gasteiger partial charge < -0.3 is 9.64 Å². The second-order valence-electron chi connectivity index (χ2n) is 5.07. The van der Waals surface area contributed by atoms with Crippen LogP contribution in [0.4, 0.5) is 5.69 Å². The van der Waals surface area contributed by atoms with Gasteiger partial charge >= 0.3 is 0 Å². The number of carbonyl (C=O) groups is 1. The van der Waals surface area contributed by atoms with Crippen molar-refractivity contribution in [2.75, 3.05) is 30.1 Å². The summed E-state index contributed by atoms with van der Waals surface area (Å²) in [7, 11) is -1.46. The Morgan fingerprint density at radius 3 is 2.65 bits per heavy atom. The number of sulfone groups is 1. The molecule has 2 rings (SSSR count). The van der Waals surface area contributed by atoms with Crippen LogP contribution in [0.5, 0.6) is 5.75 Å². The molecule has 0 aliphatic carbocycles. The molecule has 1 aromatic rings. The summed E-state index contributed by atoms with van der Waals surface area (Å²) in [4.78, 5) is 13.9. The molecule has 0 N–H and O–H groups in total. The molecule has 6 heteroatoms. The lowest BCUT2D eigenvalue weighted by Gasteiger charge is -2.36. The van der Waals surface area contributed by atoms with Gasteiger partial charge in [0.05, 0.1) is 29.9 Å². The third kappa shape index (κ3) is 2.80. The highest BCUT2D eigenvalue weighted by Crippen LogP contribution is 2.32. The second-order valence-corrected chi connectivity index (χ2v) is 7.30. The zero-order valence-corrected chi connectivity index (χ0v) is 12.7. The fourth-order valence-electron chi connectivity index (χ4n) is 2.64. The normalized spacial score (nSPS) is 21.6. The first-order valence-electron chi connectivity index (χ1n) is 6.50. The van der Waals surface area contributed by atoms with E-state index in [0.717, 1.165) is 5.69 Å². The number of ether oxygens (including phenoxy) is 1. The number of benzene rings is 1. The number of Topliss-reactive ketones (excluding diaryl/α,β-unsaturated/α-hetero) is 1. The summed E-state index contributed by atoms with van der Waals surface area (Å²) in [6, 6.07) is 5.24. The van der Waals surface area contributed by atoms with E-state index in [1.54, 1.807) is 6.07 Å². The molecule has 1 fully saturated rings. The first-order chi connectivity index (χ1) is 9.35. The van der Waals surface area contributed by atoms with Crippen molar-refractivity contribution in [3.05, 3.63) is 23.8 Å². The SMILES string of the molecule is COc1cccc(N2CCS(=O)(=O)CC2C)c1C(C)=O. The summed E-state index contributed by atoms with van der Waals surface area (Å²) in [5.74, 6) is 0.668. The van der Waals surface area contributed by atoms with E-state index in [4.69, 9.17) is 4.74 Å². The molecule has 0 radical (unpaired) electrons. The number of rotatable bonds is 3. The molecule has 1 unspecified atom stereocenters. The van der Waals surface area contributed by atoms with Gasteiger partial charge in [-0.15, -0.1) is 0 Å². The highest BCUT2D eigenvalue weighted by atomic mass is 32.2. The first-order valence-corrected chi connectivity index (χ1v) is 8.33. The molecule has 0 bridgehead atoms. The van der Waals surface area contributed by atoms with Gasteiger partial charge in [-0.25, -0.2) is 8.42 Å². The van der Waals surface area contributed by atoms with Gasteiger partial charge in [-0.05, 0) is 26.0 Å². The number of carbonyl (C=O) groups excluding carboxylic acids is 1. The summed E-state index contributed by atoms with van der Waals surface area (Å²) >= 11 is 0. The number of nitrogens with zero attached hydrogens (tertiary/aromatic N) is 1. The van der Waals surface area contributed by atoms with Crippen molar-refractivity contribution in [3.63, 3.8) is 0 Å². The third-order valence-electron chi connectivity index (χ3n) is 3.56. The standard InChI is InChI=1S/C14H19NO4S/c1-10-9-20(17,18)8-7-15(10)12-5-4-6-13(19-3)14(12)11(2)16/h4-6,10H,7-9H2,1-3H3. The van der Waals surface area contributed by atoms with Crippen molar-refractivity contribution in [1.29, 1.82) is 0 Å². The van der Waals surface area contributed by atoms with Gasteiger partial charge in [0.2, 0.25) is 0 Å². The lowest BCUT2D eigenvalue weighted by Crippen LogP contribution is -2.47. The van der Waals surface area contributed by atoms with Gasteiger partial charge in [-0.1, -0.05) is 6.07 Å². The first kappa shape index (κ1) is 14.8. The Kier molecular flexibility index (Phi) is 4.04. The van der Waals surface area contributed by atoms with Crippen molar-refractivity contribution >= 4 is 21.3 Å². The van der Waals surface area contributed by atoms with Crippen molar-refractivity contribution in [2.24, 2.45) is 0 Å². The molecule has 0 amide bonds. The molecular formula is C14H19NO4S. The van der Waals surface area contributed by atoms with Crippen LogP contribution >= 0.6 is 0 Å². The largest absolute Gasteiger partial charge is 0.496 e. The van der Waals surface area contributed by atoms with E-state index in [9.17, 15) is 13.2 Å². The van der Waals surface area contributed by atoms with Gasteiger partial charge in [0, 0.05) is 12.6 Å². The molecule has 1 atom stereocenters. The molecule has 1 aliphatic rings. The Hall–Kier alpha value is -1.56. The Balaban J connectivity index is 2.45. The number of methoxy groups -OCH3 is 1. The summed E-state index contributed by atoms with van der Waals surface area (Å²) in [5.41, 5.74) is 1.26. The van der Waals surface area contributed by atoms with Crippen LogP contribution in [0.3, 0.4) is 0 Å². The van der Waals surface area contributed by atoms with Crippen LogP contribution < -0.4 is 9.64 Å². The van der Waals surface area contributed by atoms with Gasteiger partial charge in [0.1, 0.15) is 5.75 Å². The topological polar surface area (TPSA) is 63.7 Å². The second kappa shape index (κ2) is 5.44. The van der Waals surface area contributed by atoms with Crippen LogP contribution in [0.1, 0.15) is 24.2 Å². The van der Waals surface area contributed by atoms with E-state index in [-0.39, 0.29) is 23.3 Å².